The lowest BCUT2D eigenvalue weighted by atomic mass is 9.91. The number of ether oxygens (including phenoxy) is 1. The number of amides is 2. The van der Waals surface area contributed by atoms with E-state index in [1.807, 2.05) is 19.3 Å². The van der Waals surface area contributed by atoms with Crippen LogP contribution in [0.5, 0.6) is 0 Å². The van der Waals surface area contributed by atoms with Gasteiger partial charge in [-0.3, -0.25) is 4.98 Å². The molecule has 1 aliphatic rings. The molecule has 4 heterocycles. The number of fused-ring (bicyclic) bond motifs is 1. The summed E-state index contributed by atoms with van der Waals surface area (Å²) in [4.78, 5) is 34.6. The Bertz CT molecular complexity index is 1530. The number of aryl methyl sites for hydroxylation is 1. The molecule has 0 radical (unpaired) electrons. The number of urea groups is 1. The lowest BCUT2D eigenvalue weighted by Crippen LogP contribution is -2.47. The molecule has 0 saturated heterocycles. The molecule has 12 heteroatoms. The second kappa shape index (κ2) is 14.3. The number of nitrogens with one attached hydrogen (secondary N) is 3. The zero-order chi connectivity index (χ0) is 30.2. The first-order valence-electron chi connectivity index (χ1n) is 14.8. The number of anilines is 1. The number of H-pyrrole nitrogens is 1. The van der Waals surface area contributed by atoms with Crippen LogP contribution in [0.1, 0.15) is 50.2 Å². The minimum absolute atomic E-state index is 0.0522. The van der Waals surface area contributed by atoms with Crippen LogP contribution in [0, 0.1) is 11.6 Å². The molecule has 43 heavy (non-hydrogen) atoms. The number of hydrogen-bond acceptors (Lipinski definition) is 7. The lowest BCUT2D eigenvalue weighted by Gasteiger charge is -2.32. The standard InChI is InChI=1S/C31H38F2N8O2/c1-3-43-11-5-6-20-12-21(16-34-15-20)9-10-41(2)31(42)39-24-8-4-7-23(14-24)38-30-27(33)19-37-29(40-30)26-18-36-28-25(26)13-22(32)17-35-28/h12-13,15-19,23-24H,3-11,14H2,1-2H3,(H,35,36)(H,39,42)(H,37,38,40)/t23-,24+/m1/s1. The SMILES string of the molecule is CCOCCCc1cncc(CCN(C)C(=O)N[C@H]2CCC[C@@H](Nc3nc(-c4c[nH]c5ncc(F)cc45)ncc3F)C2)c1. The van der Waals surface area contributed by atoms with Gasteiger partial charge in [0, 0.05) is 68.4 Å². The summed E-state index contributed by atoms with van der Waals surface area (Å²) < 4.78 is 34.0. The van der Waals surface area contributed by atoms with E-state index in [0.29, 0.717) is 36.0 Å². The van der Waals surface area contributed by atoms with E-state index in [0.717, 1.165) is 63.3 Å². The molecule has 0 bridgehead atoms. The molecule has 4 aromatic heterocycles. The molecule has 4 aromatic rings. The second-order valence-corrected chi connectivity index (χ2v) is 11.0. The zero-order valence-corrected chi connectivity index (χ0v) is 24.6. The highest BCUT2D eigenvalue weighted by Crippen LogP contribution is 2.28. The predicted octanol–water partition coefficient (Wildman–Crippen LogP) is 5.27. The smallest absolute Gasteiger partial charge is 0.317 e. The number of carbonyl (C=O) groups excluding carboxylic acids is 1. The van der Waals surface area contributed by atoms with Crippen molar-refractivity contribution in [3.05, 3.63) is 65.9 Å². The van der Waals surface area contributed by atoms with E-state index in [9.17, 15) is 13.6 Å². The molecular formula is C31H38F2N8O2. The average Bonchev–Trinajstić information content (AvgIpc) is 3.42. The van der Waals surface area contributed by atoms with Crippen LogP contribution in [0.2, 0.25) is 0 Å². The van der Waals surface area contributed by atoms with Crippen molar-refractivity contribution in [2.75, 3.05) is 32.1 Å². The quantitative estimate of drug-likeness (QED) is 0.192. The van der Waals surface area contributed by atoms with Crippen LogP contribution < -0.4 is 10.6 Å². The van der Waals surface area contributed by atoms with E-state index in [2.05, 4.69) is 41.6 Å². The Kier molecular flexibility index (Phi) is 10.1. The molecule has 1 fully saturated rings. The minimum Gasteiger partial charge on any atom is -0.382 e. The third kappa shape index (κ3) is 8.01. The van der Waals surface area contributed by atoms with Crippen molar-refractivity contribution in [1.29, 1.82) is 0 Å². The Morgan fingerprint density at radius 1 is 1.09 bits per heavy atom. The number of likely N-dealkylation sites (N-methyl/N-ethyl adjacent to an activating group) is 1. The first-order chi connectivity index (χ1) is 20.9. The molecule has 1 saturated carbocycles. The maximum Gasteiger partial charge on any atom is 0.317 e. The van der Waals surface area contributed by atoms with Gasteiger partial charge in [-0.2, -0.15) is 0 Å². The van der Waals surface area contributed by atoms with E-state index in [1.165, 1.54) is 11.6 Å². The molecule has 1 aliphatic carbocycles. The Balaban J connectivity index is 1.14. The highest BCUT2D eigenvalue weighted by molar-refractivity contribution is 5.91. The molecule has 10 nitrogen and oxygen atoms in total. The second-order valence-electron chi connectivity index (χ2n) is 11.0. The van der Waals surface area contributed by atoms with E-state index in [4.69, 9.17) is 4.74 Å². The first kappa shape index (κ1) is 30.3. The number of aromatic amines is 1. The summed E-state index contributed by atoms with van der Waals surface area (Å²) in [6.07, 6.45) is 13.3. The highest BCUT2D eigenvalue weighted by atomic mass is 19.1. The zero-order valence-electron chi connectivity index (χ0n) is 24.6. The first-order valence-corrected chi connectivity index (χ1v) is 14.8. The number of hydrogen-bond donors (Lipinski definition) is 3. The lowest BCUT2D eigenvalue weighted by molar-refractivity contribution is 0.145. The van der Waals surface area contributed by atoms with Crippen molar-refractivity contribution in [2.45, 2.75) is 64.0 Å². The van der Waals surface area contributed by atoms with Crippen LogP contribution in [0.3, 0.4) is 0 Å². The predicted molar refractivity (Wildman–Crippen MR) is 161 cm³/mol. The number of carbonyl (C=O) groups is 1. The van der Waals surface area contributed by atoms with E-state index >= 15 is 0 Å². The molecule has 2 atom stereocenters. The van der Waals surface area contributed by atoms with Crippen LogP contribution in [-0.4, -0.2) is 74.7 Å². The summed E-state index contributed by atoms with van der Waals surface area (Å²) in [5.74, 6) is -0.723. The van der Waals surface area contributed by atoms with Gasteiger partial charge in [-0.25, -0.2) is 28.5 Å². The maximum absolute atomic E-state index is 14.7. The monoisotopic (exact) mass is 592 g/mol. The fourth-order valence-corrected chi connectivity index (χ4v) is 5.43. The van der Waals surface area contributed by atoms with E-state index < -0.39 is 11.6 Å². The summed E-state index contributed by atoms with van der Waals surface area (Å²) in [7, 11) is 1.79. The third-order valence-corrected chi connectivity index (χ3v) is 7.72. The van der Waals surface area contributed by atoms with Crippen molar-refractivity contribution in [1.82, 2.24) is 35.1 Å². The molecule has 228 valence electrons. The number of rotatable bonds is 12. The van der Waals surface area contributed by atoms with Crippen LogP contribution in [-0.2, 0) is 17.6 Å². The molecule has 0 aliphatic heterocycles. The molecule has 0 spiro atoms. The van der Waals surface area contributed by atoms with Crippen LogP contribution in [0.25, 0.3) is 22.4 Å². The summed E-state index contributed by atoms with van der Waals surface area (Å²) in [6.45, 7) is 4.01. The van der Waals surface area contributed by atoms with Gasteiger partial charge in [-0.15, -0.1) is 0 Å². The number of nitrogens with zero attached hydrogens (tertiary/aromatic N) is 5. The van der Waals surface area contributed by atoms with Gasteiger partial charge in [0.25, 0.3) is 0 Å². The van der Waals surface area contributed by atoms with Gasteiger partial charge < -0.3 is 25.3 Å². The molecule has 3 N–H and O–H groups in total. The normalized spacial score (nSPS) is 16.7. The average molecular weight is 593 g/mol. The molecule has 0 aromatic carbocycles. The van der Waals surface area contributed by atoms with Gasteiger partial charge >= 0.3 is 6.03 Å². The van der Waals surface area contributed by atoms with Crippen LogP contribution in [0.15, 0.2) is 43.1 Å². The van der Waals surface area contributed by atoms with Crippen LogP contribution in [0.4, 0.5) is 19.4 Å². The molecular weight excluding hydrogens is 554 g/mol. The van der Waals surface area contributed by atoms with Crippen molar-refractivity contribution < 1.29 is 18.3 Å². The van der Waals surface area contributed by atoms with Gasteiger partial charge in [-0.1, -0.05) is 6.07 Å². The van der Waals surface area contributed by atoms with Crippen LogP contribution >= 0.6 is 0 Å². The topological polar surface area (TPSA) is 121 Å². The van der Waals surface area contributed by atoms with Crippen molar-refractivity contribution in [3.8, 4) is 11.4 Å². The molecule has 0 unspecified atom stereocenters. The van der Waals surface area contributed by atoms with Gasteiger partial charge in [0.2, 0.25) is 0 Å². The number of pyridine rings is 2. The molecule has 5 rings (SSSR count). The summed E-state index contributed by atoms with van der Waals surface area (Å²) >= 11 is 0. The van der Waals surface area contributed by atoms with E-state index in [-0.39, 0.29) is 29.8 Å². The fourth-order valence-electron chi connectivity index (χ4n) is 5.43. The van der Waals surface area contributed by atoms with Crippen molar-refractivity contribution in [3.63, 3.8) is 0 Å². The number of aromatic nitrogens is 5. The maximum atomic E-state index is 14.7. The van der Waals surface area contributed by atoms with Crippen molar-refractivity contribution in [2.24, 2.45) is 0 Å². The number of halogens is 2. The van der Waals surface area contributed by atoms with E-state index in [1.54, 1.807) is 18.1 Å². The van der Waals surface area contributed by atoms with Gasteiger partial charge in [0.15, 0.2) is 17.5 Å². The Morgan fingerprint density at radius 3 is 2.74 bits per heavy atom. The fraction of sp³-hybridized carbons (Fsp3) is 0.452. The summed E-state index contributed by atoms with van der Waals surface area (Å²) in [5, 5.41) is 6.87. The van der Waals surface area contributed by atoms with Crippen molar-refractivity contribution >= 4 is 22.9 Å². The molecule has 2 amide bonds. The van der Waals surface area contributed by atoms with Gasteiger partial charge in [0.05, 0.1) is 12.4 Å². The Labute approximate surface area is 249 Å². The highest BCUT2D eigenvalue weighted by Gasteiger charge is 2.26. The Morgan fingerprint density at radius 2 is 1.91 bits per heavy atom. The minimum atomic E-state index is -0.577. The van der Waals surface area contributed by atoms with Gasteiger partial charge in [-0.05, 0) is 69.1 Å². The summed E-state index contributed by atoms with van der Waals surface area (Å²) in [5.41, 5.74) is 3.29. The Hall–Kier alpha value is -4.19. The summed E-state index contributed by atoms with van der Waals surface area (Å²) in [6, 6.07) is 3.22. The third-order valence-electron chi connectivity index (χ3n) is 7.72. The largest absolute Gasteiger partial charge is 0.382 e. The van der Waals surface area contributed by atoms with Gasteiger partial charge in [0.1, 0.15) is 11.5 Å².